The zero-order valence-electron chi connectivity index (χ0n) is 12.8. The van der Waals surface area contributed by atoms with E-state index >= 15 is 0 Å². The van der Waals surface area contributed by atoms with Gasteiger partial charge in [-0.3, -0.25) is 4.79 Å². The lowest BCUT2D eigenvalue weighted by molar-refractivity contribution is -0.149. The number of fused-ring (bicyclic) bond motifs is 1. The predicted octanol–water partition coefficient (Wildman–Crippen LogP) is 2.49. The summed E-state index contributed by atoms with van der Waals surface area (Å²) in [4.78, 5) is 30.4. The van der Waals surface area contributed by atoms with E-state index in [1.165, 1.54) is 0 Å². The Labute approximate surface area is 134 Å². The van der Waals surface area contributed by atoms with Gasteiger partial charge < -0.3 is 10.0 Å². The van der Waals surface area contributed by atoms with Gasteiger partial charge in [-0.15, -0.1) is 11.3 Å². The van der Waals surface area contributed by atoms with Gasteiger partial charge in [0.1, 0.15) is 6.04 Å². The van der Waals surface area contributed by atoms with Gasteiger partial charge in [0, 0.05) is 11.4 Å². The molecule has 0 spiro atoms. The number of carbonyl (C=O) groups excluding carboxylic acids is 1. The second-order valence-corrected chi connectivity index (χ2v) is 7.21. The van der Waals surface area contributed by atoms with Crippen molar-refractivity contribution in [1.82, 2.24) is 9.88 Å². The maximum atomic E-state index is 12.7. The third-order valence-corrected chi connectivity index (χ3v) is 5.94. The van der Waals surface area contributed by atoms with Crippen molar-refractivity contribution < 1.29 is 14.7 Å². The van der Waals surface area contributed by atoms with Crippen LogP contribution in [0.25, 0.3) is 0 Å². The van der Waals surface area contributed by atoms with Crippen molar-refractivity contribution in [3.63, 3.8) is 0 Å². The molecule has 1 aromatic rings. The van der Waals surface area contributed by atoms with Gasteiger partial charge in [-0.25, -0.2) is 9.78 Å². The molecule has 1 N–H and O–H groups in total. The SMILES string of the molecule is CCc1nc(CC(=O)N2C(C(=O)O)CC3CCCCC32)cs1. The van der Waals surface area contributed by atoms with Crippen molar-refractivity contribution in [3.05, 3.63) is 16.1 Å². The van der Waals surface area contributed by atoms with E-state index in [-0.39, 0.29) is 18.4 Å². The van der Waals surface area contributed by atoms with Crippen LogP contribution in [0.15, 0.2) is 5.38 Å². The number of carboxylic acid groups (broad SMARTS) is 1. The molecule has 2 fully saturated rings. The van der Waals surface area contributed by atoms with Crippen molar-refractivity contribution in [1.29, 1.82) is 0 Å². The smallest absolute Gasteiger partial charge is 0.326 e. The van der Waals surface area contributed by atoms with E-state index in [0.29, 0.717) is 12.3 Å². The lowest BCUT2D eigenvalue weighted by Crippen LogP contribution is -2.46. The topological polar surface area (TPSA) is 70.5 Å². The van der Waals surface area contributed by atoms with Crippen LogP contribution in [-0.4, -0.2) is 39.0 Å². The van der Waals surface area contributed by atoms with E-state index in [4.69, 9.17) is 0 Å². The quantitative estimate of drug-likeness (QED) is 0.924. The molecule has 22 heavy (non-hydrogen) atoms. The van der Waals surface area contributed by atoms with Gasteiger partial charge in [-0.05, 0) is 31.6 Å². The Bertz CT molecular complexity index is 571. The minimum absolute atomic E-state index is 0.0743. The highest BCUT2D eigenvalue weighted by atomic mass is 32.1. The monoisotopic (exact) mass is 322 g/mol. The van der Waals surface area contributed by atoms with Crippen LogP contribution in [0.1, 0.15) is 49.7 Å². The number of aliphatic carboxylic acids is 1. The molecule has 3 rings (SSSR count). The van der Waals surface area contributed by atoms with E-state index in [2.05, 4.69) is 4.98 Å². The average Bonchev–Trinajstić information content (AvgIpc) is 3.10. The Morgan fingerprint density at radius 3 is 2.86 bits per heavy atom. The van der Waals surface area contributed by atoms with Crippen LogP contribution in [-0.2, 0) is 22.4 Å². The number of carbonyl (C=O) groups is 2. The Kier molecular flexibility index (Phi) is 4.47. The van der Waals surface area contributed by atoms with Crippen LogP contribution >= 0.6 is 11.3 Å². The first-order chi connectivity index (χ1) is 10.6. The first-order valence-electron chi connectivity index (χ1n) is 8.07. The molecule has 0 bridgehead atoms. The zero-order valence-corrected chi connectivity index (χ0v) is 13.6. The highest BCUT2D eigenvalue weighted by Crippen LogP contribution is 2.40. The molecule has 1 aliphatic heterocycles. The van der Waals surface area contributed by atoms with Gasteiger partial charge in [0.25, 0.3) is 0 Å². The van der Waals surface area contributed by atoms with Crippen LogP contribution in [0.5, 0.6) is 0 Å². The number of thiazole rings is 1. The number of rotatable bonds is 4. The lowest BCUT2D eigenvalue weighted by Gasteiger charge is -2.32. The summed E-state index contributed by atoms with van der Waals surface area (Å²) in [6, 6.07) is -0.531. The molecular weight excluding hydrogens is 300 g/mol. The average molecular weight is 322 g/mol. The van der Waals surface area contributed by atoms with Crippen molar-refractivity contribution in [2.75, 3.05) is 0 Å². The fraction of sp³-hybridized carbons (Fsp3) is 0.688. The third-order valence-electron chi connectivity index (χ3n) is 4.90. The Morgan fingerprint density at radius 2 is 2.18 bits per heavy atom. The van der Waals surface area contributed by atoms with Crippen LogP contribution in [0.3, 0.4) is 0 Å². The van der Waals surface area contributed by atoms with Crippen molar-refractivity contribution in [2.45, 2.75) is 64.0 Å². The minimum Gasteiger partial charge on any atom is -0.480 e. The minimum atomic E-state index is -0.865. The van der Waals surface area contributed by atoms with Crippen LogP contribution in [0, 0.1) is 5.92 Å². The van der Waals surface area contributed by atoms with Gasteiger partial charge in [-0.2, -0.15) is 0 Å². The maximum Gasteiger partial charge on any atom is 0.326 e. The summed E-state index contributed by atoms with van der Waals surface area (Å²) in [5.74, 6) is -0.578. The highest BCUT2D eigenvalue weighted by molar-refractivity contribution is 7.09. The Morgan fingerprint density at radius 1 is 1.41 bits per heavy atom. The number of carboxylic acids is 1. The fourth-order valence-corrected chi connectivity index (χ4v) is 4.62. The van der Waals surface area contributed by atoms with Crippen molar-refractivity contribution in [2.24, 2.45) is 5.92 Å². The van der Waals surface area contributed by atoms with Gasteiger partial charge in [-0.1, -0.05) is 19.8 Å². The summed E-state index contributed by atoms with van der Waals surface area (Å²) in [7, 11) is 0. The molecule has 0 radical (unpaired) electrons. The standard InChI is InChI=1S/C16H22N2O3S/c1-2-14-17-11(9-22-14)8-15(19)18-12-6-4-3-5-10(12)7-13(18)16(20)21/h9-10,12-13H,2-8H2,1H3,(H,20,21). The molecule has 1 aromatic heterocycles. The zero-order chi connectivity index (χ0) is 15.7. The molecule has 5 nitrogen and oxygen atoms in total. The summed E-state index contributed by atoms with van der Waals surface area (Å²) in [6.07, 6.45) is 5.94. The molecule has 3 unspecified atom stereocenters. The Balaban J connectivity index is 1.76. The van der Waals surface area contributed by atoms with Crippen molar-refractivity contribution in [3.8, 4) is 0 Å². The summed E-state index contributed by atoms with van der Waals surface area (Å²) in [5.41, 5.74) is 0.773. The van der Waals surface area contributed by atoms with E-state index in [9.17, 15) is 14.7 Å². The molecule has 0 aromatic carbocycles. The first kappa shape index (κ1) is 15.5. The number of aryl methyl sites for hydroxylation is 1. The second kappa shape index (κ2) is 6.36. The van der Waals surface area contributed by atoms with Crippen LogP contribution in [0.4, 0.5) is 0 Å². The molecule has 1 saturated carbocycles. The van der Waals surface area contributed by atoms with E-state index in [1.807, 2.05) is 12.3 Å². The predicted molar refractivity (Wildman–Crippen MR) is 83.8 cm³/mol. The molecule has 1 aliphatic carbocycles. The van der Waals surface area contributed by atoms with Crippen molar-refractivity contribution >= 4 is 23.2 Å². The first-order valence-corrected chi connectivity index (χ1v) is 8.95. The number of hydrogen-bond donors (Lipinski definition) is 1. The van der Waals surface area contributed by atoms with Gasteiger partial charge in [0.05, 0.1) is 17.1 Å². The van der Waals surface area contributed by atoms with Crippen LogP contribution in [0.2, 0.25) is 0 Å². The molecule has 120 valence electrons. The number of amides is 1. The van der Waals surface area contributed by atoms with Crippen LogP contribution < -0.4 is 0 Å². The summed E-state index contributed by atoms with van der Waals surface area (Å²) >= 11 is 1.57. The summed E-state index contributed by atoms with van der Waals surface area (Å²) in [6.45, 7) is 2.04. The number of hydrogen-bond acceptors (Lipinski definition) is 4. The normalized spacial score (nSPS) is 27.7. The van der Waals surface area contributed by atoms with E-state index < -0.39 is 12.0 Å². The molecule has 2 aliphatic rings. The fourth-order valence-electron chi connectivity index (χ4n) is 3.88. The number of likely N-dealkylation sites (tertiary alicyclic amines) is 1. The number of nitrogens with zero attached hydrogens (tertiary/aromatic N) is 2. The molecular formula is C16H22N2O3S. The number of aromatic nitrogens is 1. The van der Waals surface area contributed by atoms with Gasteiger partial charge >= 0.3 is 5.97 Å². The van der Waals surface area contributed by atoms with Gasteiger partial charge in [0.2, 0.25) is 5.91 Å². The van der Waals surface area contributed by atoms with Gasteiger partial charge in [0.15, 0.2) is 0 Å². The third kappa shape index (κ3) is 2.89. The molecule has 1 amide bonds. The molecule has 3 atom stereocenters. The summed E-state index contributed by atoms with van der Waals surface area (Å²) in [5, 5.41) is 12.4. The molecule has 2 heterocycles. The van der Waals surface area contributed by atoms with E-state index in [0.717, 1.165) is 42.8 Å². The lowest BCUT2D eigenvalue weighted by atomic mass is 9.84. The second-order valence-electron chi connectivity index (χ2n) is 6.27. The summed E-state index contributed by atoms with van der Waals surface area (Å²) < 4.78 is 0. The molecule has 6 heteroatoms. The molecule has 1 saturated heterocycles. The Hall–Kier alpha value is -1.43. The van der Waals surface area contributed by atoms with E-state index in [1.54, 1.807) is 16.2 Å². The largest absolute Gasteiger partial charge is 0.480 e. The highest BCUT2D eigenvalue weighted by Gasteiger charge is 2.47. The maximum absolute atomic E-state index is 12.7.